The number of amides is 1. The third-order valence-electron chi connectivity index (χ3n) is 5.20. The average molecular weight is 453 g/mol. The van der Waals surface area contributed by atoms with Crippen molar-refractivity contribution in [3.63, 3.8) is 0 Å². The molecule has 4 rings (SSSR count). The maximum Gasteiger partial charge on any atom is 0.255 e. The number of thioether (sulfide) groups is 1. The van der Waals surface area contributed by atoms with E-state index in [0.29, 0.717) is 5.56 Å². The van der Waals surface area contributed by atoms with Crippen LogP contribution in [0, 0.1) is 0 Å². The molecule has 0 atom stereocenters. The molecule has 3 aromatic carbocycles. The zero-order valence-corrected chi connectivity index (χ0v) is 18.8. The van der Waals surface area contributed by atoms with Crippen molar-refractivity contribution in [1.82, 2.24) is 4.90 Å². The first-order chi connectivity index (χ1) is 15.2. The highest BCUT2D eigenvalue weighted by Crippen LogP contribution is 2.25. The van der Waals surface area contributed by atoms with Gasteiger partial charge >= 0.3 is 0 Å². The van der Waals surface area contributed by atoms with Gasteiger partial charge in [-0.25, -0.2) is 0 Å². The zero-order valence-electron chi connectivity index (χ0n) is 17.2. The molecule has 1 saturated heterocycles. The predicted octanol–water partition coefficient (Wildman–Crippen LogP) is 5.72. The Bertz CT molecular complexity index is 1000. The highest BCUT2D eigenvalue weighted by atomic mass is 35.5. The Labute approximate surface area is 192 Å². The Hall–Kier alpha value is -2.31. The van der Waals surface area contributed by atoms with Gasteiger partial charge in [-0.2, -0.15) is 0 Å². The summed E-state index contributed by atoms with van der Waals surface area (Å²) in [4.78, 5) is 16.3. The molecule has 1 heterocycles. The van der Waals surface area contributed by atoms with E-state index in [1.54, 1.807) is 11.8 Å². The second-order valence-electron chi connectivity index (χ2n) is 7.44. The molecule has 4 nitrogen and oxygen atoms in total. The number of ether oxygens (including phenoxy) is 1. The van der Waals surface area contributed by atoms with Crippen molar-refractivity contribution in [3.8, 4) is 0 Å². The summed E-state index contributed by atoms with van der Waals surface area (Å²) in [6, 6.07) is 23.6. The van der Waals surface area contributed by atoms with Crippen molar-refractivity contribution >= 4 is 35.0 Å². The minimum Gasteiger partial charge on any atom is -0.379 e. The lowest BCUT2D eigenvalue weighted by Gasteiger charge is -2.27. The number of para-hydroxylation sites is 1. The standard InChI is InChI=1S/C25H25ClN2O2S/c26-22-9-11-23(12-10-22)31-18-19-5-7-20(8-6-19)25(29)27-24-4-2-1-3-21(24)17-28-13-15-30-16-14-28/h1-12H,13-18H2,(H,27,29). The molecule has 0 saturated carbocycles. The molecule has 0 aliphatic carbocycles. The molecule has 1 aliphatic heterocycles. The highest BCUT2D eigenvalue weighted by Gasteiger charge is 2.14. The molecule has 1 amide bonds. The van der Waals surface area contributed by atoms with E-state index in [-0.39, 0.29) is 5.91 Å². The molecule has 0 aromatic heterocycles. The lowest BCUT2D eigenvalue weighted by atomic mass is 10.1. The minimum absolute atomic E-state index is 0.0914. The van der Waals surface area contributed by atoms with Gasteiger partial charge in [0, 0.05) is 46.6 Å². The third-order valence-corrected chi connectivity index (χ3v) is 6.53. The number of hydrogen-bond donors (Lipinski definition) is 1. The summed E-state index contributed by atoms with van der Waals surface area (Å²) in [6.45, 7) is 4.16. The first-order valence-corrected chi connectivity index (χ1v) is 11.7. The second kappa shape index (κ2) is 10.8. The molecule has 3 aromatic rings. The maximum absolute atomic E-state index is 12.8. The quantitative estimate of drug-likeness (QED) is 0.466. The van der Waals surface area contributed by atoms with Gasteiger partial charge in [-0.15, -0.1) is 11.8 Å². The van der Waals surface area contributed by atoms with Gasteiger partial charge in [0.2, 0.25) is 0 Å². The van der Waals surface area contributed by atoms with Crippen LogP contribution < -0.4 is 5.32 Å². The summed E-state index contributed by atoms with van der Waals surface area (Å²) < 4.78 is 5.43. The Kier molecular flexibility index (Phi) is 7.65. The van der Waals surface area contributed by atoms with E-state index in [1.807, 2.05) is 66.7 Å². The third kappa shape index (κ3) is 6.34. The van der Waals surface area contributed by atoms with Gasteiger partial charge in [0.25, 0.3) is 5.91 Å². The summed E-state index contributed by atoms with van der Waals surface area (Å²) in [6.07, 6.45) is 0. The zero-order chi connectivity index (χ0) is 21.5. The van der Waals surface area contributed by atoms with Gasteiger partial charge in [-0.3, -0.25) is 9.69 Å². The summed E-state index contributed by atoms with van der Waals surface area (Å²) in [5.74, 6) is 0.748. The van der Waals surface area contributed by atoms with Crippen molar-refractivity contribution in [3.05, 3.63) is 94.5 Å². The molecule has 0 unspecified atom stereocenters. The SMILES string of the molecule is O=C(Nc1ccccc1CN1CCOCC1)c1ccc(CSc2ccc(Cl)cc2)cc1. The van der Waals surface area contributed by atoms with Crippen LogP contribution >= 0.6 is 23.4 Å². The smallest absolute Gasteiger partial charge is 0.255 e. The molecule has 0 bridgehead atoms. The summed E-state index contributed by atoms with van der Waals surface area (Å²) >= 11 is 7.68. The van der Waals surface area contributed by atoms with Crippen molar-refractivity contribution in [2.75, 3.05) is 31.6 Å². The fraction of sp³-hybridized carbons (Fsp3) is 0.240. The molecule has 1 N–H and O–H groups in total. The van der Waals surface area contributed by atoms with E-state index in [1.165, 1.54) is 10.5 Å². The molecule has 1 fully saturated rings. The fourth-order valence-corrected chi connectivity index (χ4v) is 4.40. The number of morpholine rings is 1. The van der Waals surface area contributed by atoms with Gasteiger partial charge in [0.05, 0.1) is 13.2 Å². The van der Waals surface area contributed by atoms with Crippen LogP contribution in [-0.2, 0) is 17.0 Å². The van der Waals surface area contributed by atoms with E-state index >= 15 is 0 Å². The van der Waals surface area contributed by atoms with Crippen LogP contribution in [0.4, 0.5) is 5.69 Å². The normalized spacial score (nSPS) is 14.4. The second-order valence-corrected chi connectivity index (χ2v) is 8.92. The Morgan fingerprint density at radius 2 is 1.68 bits per heavy atom. The molecule has 31 heavy (non-hydrogen) atoms. The molecule has 0 spiro atoms. The van der Waals surface area contributed by atoms with Crippen LogP contribution in [-0.4, -0.2) is 37.1 Å². The van der Waals surface area contributed by atoms with Gasteiger partial charge in [-0.1, -0.05) is 41.9 Å². The number of nitrogens with zero attached hydrogens (tertiary/aromatic N) is 1. The monoisotopic (exact) mass is 452 g/mol. The highest BCUT2D eigenvalue weighted by molar-refractivity contribution is 7.98. The predicted molar refractivity (Wildman–Crippen MR) is 128 cm³/mol. The van der Waals surface area contributed by atoms with Crippen LogP contribution in [0.1, 0.15) is 21.5 Å². The van der Waals surface area contributed by atoms with Crippen molar-refractivity contribution in [2.45, 2.75) is 17.2 Å². The maximum atomic E-state index is 12.8. The number of halogens is 1. The lowest BCUT2D eigenvalue weighted by Crippen LogP contribution is -2.35. The number of nitrogens with one attached hydrogen (secondary N) is 1. The number of carbonyl (C=O) groups is 1. The average Bonchev–Trinajstić information content (AvgIpc) is 2.81. The minimum atomic E-state index is -0.0914. The number of hydrogen-bond acceptors (Lipinski definition) is 4. The van der Waals surface area contributed by atoms with Crippen LogP contribution in [0.15, 0.2) is 77.7 Å². The van der Waals surface area contributed by atoms with Gasteiger partial charge in [0.1, 0.15) is 0 Å². The molecule has 6 heteroatoms. The van der Waals surface area contributed by atoms with Gasteiger partial charge < -0.3 is 10.1 Å². The van der Waals surface area contributed by atoms with E-state index in [9.17, 15) is 4.79 Å². The van der Waals surface area contributed by atoms with Crippen molar-refractivity contribution < 1.29 is 9.53 Å². The Morgan fingerprint density at radius 1 is 0.968 bits per heavy atom. The van der Waals surface area contributed by atoms with E-state index in [0.717, 1.165) is 54.9 Å². The lowest BCUT2D eigenvalue weighted by molar-refractivity contribution is 0.0342. The number of anilines is 1. The fourth-order valence-electron chi connectivity index (χ4n) is 3.42. The number of rotatable bonds is 7. The van der Waals surface area contributed by atoms with Crippen LogP contribution in [0.2, 0.25) is 5.02 Å². The largest absolute Gasteiger partial charge is 0.379 e. The van der Waals surface area contributed by atoms with E-state index < -0.39 is 0 Å². The summed E-state index contributed by atoms with van der Waals surface area (Å²) in [7, 11) is 0. The first-order valence-electron chi connectivity index (χ1n) is 10.3. The number of benzene rings is 3. The van der Waals surface area contributed by atoms with Gasteiger partial charge in [0.15, 0.2) is 0 Å². The van der Waals surface area contributed by atoms with E-state index in [4.69, 9.17) is 16.3 Å². The Balaban J connectivity index is 1.36. The summed E-state index contributed by atoms with van der Waals surface area (Å²) in [5.41, 5.74) is 3.81. The van der Waals surface area contributed by atoms with Crippen molar-refractivity contribution in [1.29, 1.82) is 0 Å². The van der Waals surface area contributed by atoms with Crippen LogP contribution in [0.3, 0.4) is 0 Å². The van der Waals surface area contributed by atoms with Crippen molar-refractivity contribution in [2.24, 2.45) is 0 Å². The number of carbonyl (C=O) groups excluding carboxylic acids is 1. The van der Waals surface area contributed by atoms with Gasteiger partial charge in [-0.05, 0) is 53.6 Å². The molecular weight excluding hydrogens is 428 g/mol. The molecular formula is C25H25ClN2O2S. The summed E-state index contributed by atoms with van der Waals surface area (Å²) in [5, 5.41) is 3.83. The van der Waals surface area contributed by atoms with Crippen LogP contribution in [0.25, 0.3) is 0 Å². The molecule has 160 valence electrons. The van der Waals surface area contributed by atoms with Crippen LogP contribution in [0.5, 0.6) is 0 Å². The molecule has 1 aliphatic rings. The van der Waals surface area contributed by atoms with E-state index in [2.05, 4.69) is 16.3 Å². The molecule has 0 radical (unpaired) electrons. The first kappa shape index (κ1) is 21.9. The topological polar surface area (TPSA) is 41.6 Å². The Morgan fingerprint density at radius 3 is 2.42 bits per heavy atom.